The Balaban J connectivity index is 1.64. The predicted octanol–water partition coefficient (Wildman–Crippen LogP) is 3.92. The Morgan fingerprint density at radius 2 is 1.88 bits per heavy atom. The van der Waals surface area contributed by atoms with Crippen LogP contribution in [0.2, 0.25) is 0 Å². The molecule has 0 radical (unpaired) electrons. The molecule has 0 aliphatic carbocycles. The Kier molecular flexibility index (Phi) is 5.35. The maximum Gasteiger partial charge on any atom is 0.254 e. The van der Waals surface area contributed by atoms with Crippen LogP contribution in [-0.2, 0) is 17.8 Å². The first-order valence-electron chi connectivity index (χ1n) is 10.6. The number of rotatable bonds is 5. The number of benzene rings is 2. The number of hydrogen-bond donors (Lipinski definition) is 1. The van der Waals surface area contributed by atoms with Gasteiger partial charge in [0.1, 0.15) is 0 Å². The van der Waals surface area contributed by atoms with E-state index in [1.165, 1.54) is 5.56 Å². The van der Waals surface area contributed by atoms with Gasteiger partial charge in [-0.2, -0.15) is 0 Å². The Morgan fingerprint density at radius 1 is 1.09 bits per heavy atom. The summed E-state index contributed by atoms with van der Waals surface area (Å²) in [5, 5.41) is 5.09. The van der Waals surface area contributed by atoms with Crippen molar-refractivity contribution in [3.8, 4) is 11.5 Å². The van der Waals surface area contributed by atoms with E-state index in [2.05, 4.69) is 11.4 Å². The summed E-state index contributed by atoms with van der Waals surface area (Å²) < 4.78 is 11.0. The standard InChI is InChI=1S/C25H24N2O4S/c1-30-20-12-18-19(13-21(20)31-2)25(29)27-10-9-15-6-3-4-8-17(15)23(27)22(18)24(28)26-14-16-7-5-11-32-16/h3-8,11-13,22-23H,9-10,14H2,1-2H3,(H,26,28). The molecule has 2 unspecified atom stereocenters. The number of amides is 2. The lowest BCUT2D eigenvalue weighted by Gasteiger charge is -2.45. The third kappa shape index (κ3) is 3.33. The fourth-order valence-corrected chi connectivity index (χ4v) is 5.47. The molecule has 6 nitrogen and oxygen atoms in total. The van der Waals surface area contributed by atoms with E-state index >= 15 is 0 Å². The van der Waals surface area contributed by atoms with Crippen molar-refractivity contribution in [3.05, 3.63) is 81.0 Å². The van der Waals surface area contributed by atoms with Gasteiger partial charge in [-0.1, -0.05) is 30.3 Å². The van der Waals surface area contributed by atoms with Crippen LogP contribution in [0.1, 0.15) is 43.9 Å². The number of carbonyl (C=O) groups is 2. The zero-order chi connectivity index (χ0) is 22.2. The maximum absolute atomic E-state index is 13.7. The molecule has 2 aliphatic rings. The largest absolute Gasteiger partial charge is 0.493 e. The lowest BCUT2D eigenvalue weighted by molar-refractivity contribution is -0.124. The highest BCUT2D eigenvalue weighted by atomic mass is 32.1. The van der Waals surface area contributed by atoms with E-state index in [-0.39, 0.29) is 17.9 Å². The molecule has 1 N–H and O–H groups in total. The summed E-state index contributed by atoms with van der Waals surface area (Å²) in [5.41, 5.74) is 3.38. The Hall–Kier alpha value is -3.32. The molecule has 0 fully saturated rings. The number of nitrogens with zero attached hydrogens (tertiary/aromatic N) is 1. The van der Waals surface area contributed by atoms with Crippen LogP contribution in [0.3, 0.4) is 0 Å². The number of thiophene rings is 1. The minimum Gasteiger partial charge on any atom is -0.493 e. The first-order valence-corrected chi connectivity index (χ1v) is 11.4. The number of carbonyl (C=O) groups excluding carboxylic acids is 2. The lowest BCUT2D eigenvalue weighted by Crippen LogP contribution is -2.50. The number of hydrogen-bond acceptors (Lipinski definition) is 5. The highest BCUT2D eigenvalue weighted by Gasteiger charge is 2.46. The SMILES string of the molecule is COc1cc2c(cc1OC)C(C(=O)NCc1cccs1)C1c3ccccc3CCN1C2=O. The third-order valence-corrected chi connectivity index (χ3v) is 7.21. The fourth-order valence-electron chi connectivity index (χ4n) is 4.83. The second-order valence-electron chi connectivity index (χ2n) is 7.96. The van der Waals surface area contributed by atoms with E-state index in [9.17, 15) is 9.59 Å². The van der Waals surface area contributed by atoms with Crippen LogP contribution in [0.15, 0.2) is 53.9 Å². The predicted molar refractivity (Wildman–Crippen MR) is 122 cm³/mol. The van der Waals surface area contributed by atoms with E-state index in [0.29, 0.717) is 35.7 Å². The monoisotopic (exact) mass is 448 g/mol. The average molecular weight is 449 g/mol. The van der Waals surface area contributed by atoms with Crippen molar-refractivity contribution >= 4 is 23.2 Å². The lowest BCUT2D eigenvalue weighted by atomic mass is 9.75. The molecule has 2 aromatic carbocycles. The molecule has 1 aromatic heterocycles. The van der Waals surface area contributed by atoms with Gasteiger partial charge in [-0.25, -0.2) is 0 Å². The number of ether oxygens (including phenoxy) is 2. The molecule has 2 aliphatic heterocycles. The minimum atomic E-state index is -0.552. The molecule has 2 atom stereocenters. The number of fused-ring (bicyclic) bond motifs is 4. The van der Waals surface area contributed by atoms with E-state index in [1.54, 1.807) is 37.7 Å². The average Bonchev–Trinajstić information content (AvgIpc) is 3.35. The second-order valence-corrected chi connectivity index (χ2v) is 8.99. The number of nitrogens with one attached hydrogen (secondary N) is 1. The van der Waals surface area contributed by atoms with Gasteiger partial charge >= 0.3 is 0 Å². The molecule has 0 bridgehead atoms. The zero-order valence-electron chi connectivity index (χ0n) is 18.0. The molecule has 5 rings (SSSR count). The number of methoxy groups -OCH3 is 2. The topological polar surface area (TPSA) is 67.9 Å². The Labute approximate surface area is 190 Å². The van der Waals surface area contributed by atoms with Crippen molar-refractivity contribution < 1.29 is 19.1 Å². The molecule has 2 amide bonds. The molecule has 7 heteroatoms. The molecule has 0 saturated heterocycles. The quantitative estimate of drug-likeness (QED) is 0.643. The van der Waals surface area contributed by atoms with Gasteiger partial charge in [-0.15, -0.1) is 11.3 Å². The van der Waals surface area contributed by atoms with Gasteiger partial charge in [0.15, 0.2) is 11.5 Å². The zero-order valence-corrected chi connectivity index (χ0v) is 18.8. The van der Waals surface area contributed by atoms with Gasteiger partial charge in [-0.3, -0.25) is 9.59 Å². The van der Waals surface area contributed by atoms with E-state index in [1.807, 2.05) is 40.6 Å². The van der Waals surface area contributed by atoms with E-state index in [0.717, 1.165) is 16.9 Å². The van der Waals surface area contributed by atoms with Crippen LogP contribution in [0.5, 0.6) is 11.5 Å². The molecule has 164 valence electrons. The van der Waals surface area contributed by atoms with Gasteiger partial charge in [0.25, 0.3) is 5.91 Å². The van der Waals surface area contributed by atoms with Crippen LogP contribution < -0.4 is 14.8 Å². The normalized spacial score (nSPS) is 18.9. The highest BCUT2D eigenvalue weighted by Crippen LogP contribution is 2.48. The van der Waals surface area contributed by atoms with Gasteiger partial charge in [0.2, 0.25) is 5.91 Å². The van der Waals surface area contributed by atoms with E-state index in [4.69, 9.17) is 9.47 Å². The summed E-state index contributed by atoms with van der Waals surface area (Å²) in [5.74, 6) is 0.249. The summed E-state index contributed by atoms with van der Waals surface area (Å²) in [4.78, 5) is 30.1. The molecule has 32 heavy (non-hydrogen) atoms. The third-order valence-electron chi connectivity index (χ3n) is 6.33. The summed E-state index contributed by atoms with van der Waals surface area (Å²) in [6, 6.07) is 15.2. The van der Waals surface area contributed by atoms with Crippen LogP contribution in [-0.4, -0.2) is 37.5 Å². The van der Waals surface area contributed by atoms with Crippen molar-refractivity contribution in [2.45, 2.75) is 24.9 Å². The van der Waals surface area contributed by atoms with Crippen molar-refractivity contribution in [3.63, 3.8) is 0 Å². The van der Waals surface area contributed by atoms with Gasteiger partial charge in [-0.05, 0) is 46.7 Å². The molecule has 3 heterocycles. The smallest absolute Gasteiger partial charge is 0.254 e. The summed E-state index contributed by atoms with van der Waals surface area (Å²) in [7, 11) is 3.10. The van der Waals surface area contributed by atoms with Crippen LogP contribution in [0.4, 0.5) is 0 Å². The first-order chi connectivity index (χ1) is 15.6. The van der Waals surface area contributed by atoms with Crippen molar-refractivity contribution in [2.75, 3.05) is 20.8 Å². The molecule has 3 aromatic rings. The Bertz CT molecular complexity index is 1170. The van der Waals surface area contributed by atoms with Crippen molar-refractivity contribution in [1.82, 2.24) is 10.2 Å². The fraction of sp³-hybridized carbons (Fsp3) is 0.280. The van der Waals surface area contributed by atoms with Gasteiger partial charge in [0, 0.05) is 17.0 Å². The summed E-state index contributed by atoms with van der Waals surface area (Å²) in [6.07, 6.45) is 0.768. The van der Waals surface area contributed by atoms with Crippen molar-refractivity contribution in [2.24, 2.45) is 0 Å². The summed E-state index contributed by atoms with van der Waals surface area (Å²) in [6.45, 7) is 1.03. The Morgan fingerprint density at radius 3 is 2.62 bits per heavy atom. The summed E-state index contributed by atoms with van der Waals surface area (Å²) >= 11 is 1.60. The molecular formula is C25H24N2O4S. The molecule has 0 spiro atoms. The highest BCUT2D eigenvalue weighted by molar-refractivity contribution is 7.09. The van der Waals surface area contributed by atoms with Crippen LogP contribution in [0, 0.1) is 0 Å². The molecule has 0 saturated carbocycles. The van der Waals surface area contributed by atoms with E-state index < -0.39 is 5.92 Å². The maximum atomic E-state index is 13.7. The van der Waals surface area contributed by atoms with Gasteiger partial charge in [0.05, 0.1) is 32.7 Å². The molecular weight excluding hydrogens is 424 g/mol. The first kappa shape index (κ1) is 20.6. The second kappa shape index (κ2) is 8.31. The van der Waals surface area contributed by atoms with Crippen LogP contribution in [0.25, 0.3) is 0 Å². The van der Waals surface area contributed by atoms with Gasteiger partial charge < -0.3 is 19.7 Å². The van der Waals surface area contributed by atoms with Crippen molar-refractivity contribution in [1.29, 1.82) is 0 Å². The van der Waals surface area contributed by atoms with Crippen LogP contribution >= 0.6 is 11.3 Å². The minimum absolute atomic E-state index is 0.0808.